The maximum Gasteiger partial charge on any atom is 0.422 e. The highest BCUT2D eigenvalue weighted by Crippen LogP contribution is 2.35. The highest BCUT2D eigenvalue weighted by molar-refractivity contribution is 6.33. The number of ketones is 3. The minimum Gasteiger partial charge on any atom is -0.483 e. The summed E-state index contributed by atoms with van der Waals surface area (Å²) < 4.78 is 41.2. The molecule has 0 fully saturated rings. The molecule has 7 nitrogen and oxygen atoms in total. The number of benzene rings is 1. The van der Waals surface area contributed by atoms with Gasteiger partial charge in [-0.1, -0.05) is 11.6 Å². The van der Waals surface area contributed by atoms with Gasteiger partial charge >= 0.3 is 6.18 Å². The van der Waals surface area contributed by atoms with Crippen LogP contribution in [0, 0.1) is 16.0 Å². The average molecular weight is 382 g/mol. The molecule has 0 N–H and O–H groups in total. The maximum atomic E-state index is 12.4. The van der Waals surface area contributed by atoms with E-state index in [1.165, 1.54) is 0 Å². The molecule has 0 saturated carbocycles. The van der Waals surface area contributed by atoms with Crippen LogP contribution in [0.3, 0.4) is 0 Å². The Morgan fingerprint density at radius 3 is 2.16 bits per heavy atom. The molecule has 0 unspecified atom stereocenters. The predicted octanol–water partition coefficient (Wildman–Crippen LogP) is 3.17. The van der Waals surface area contributed by atoms with E-state index in [2.05, 4.69) is 4.74 Å². The zero-order valence-corrected chi connectivity index (χ0v) is 13.6. The molecule has 0 aromatic heterocycles. The van der Waals surface area contributed by atoms with Gasteiger partial charge in [-0.3, -0.25) is 24.5 Å². The lowest BCUT2D eigenvalue weighted by Gasteiger charge is -2.14. The van der Waals surface area contributed by atoms with E-state index in [9.17, 15) is 37.7 Å². The Bertz CT molecular complexity index is 733. The Labute approximate surface area is 143 Å². The summed E-state index contributed by atoms with van der Waals surface area (Å²) in [5.41, 5.74) is -1.61. The van der Waals surface area contributed by atoms with Gasteiger partial charge in [-0.15, -0.1) is 0 Å². The molecule has 0 radical (unpaired) electrons. The Morgan fingerprint density at radius 1 is 1.24 bits per heavy atom. The summed E-state index contributed by atoms with van der Waals surface area (Å²) in [4.78, 5) is 45.4. The van der Waals surface area contributed by atoms with Crippen molar-refractivity contribution in [3.63, 3.8) is 0 Å². The van der Waals surface area contributed by atoms with Crippen LogP contribution in [0.25, 0.3) is 0 Å². The van der Waals surface area contributed by atoms with Crippen molar-refractivity contribution in [2.45, 2.75) is 20.0 Å². The van der Waals surface area contributed by atoms with Gasteiger partial charge < -0.3 is 4.74 Å². The lowest BCUT2D eigenvalue weighted by atomic mass is 9.90. The SMILES string of the molecule is CC(=O)C(C(C)=O)C(=O)c1cc(OCC(F)(F)F)c(Cl)cc1[N+](=O)[O-]. The molecular formula is C14H11ClF3NO6. The van der Waals surface area contributed by atoms with E-state index in [0.717, 1.165) is 13.8 Å². The Kier molecular flexibility index (Phi) is 6.25. The van der Waals surface area contributed by atoms with E-state index in [-0.39, 0.29) is 0 Å². The highest BCUT2D eigenvalue weighted by Gasteiger charge is 2.35. The van der Waals surface area contributed by atoms with Crippen LogP contribution in [0.2, 0.25) is 5.02 Å². The van der Waals surface area contributed by atoms with Crippen molar-refractivity contribution in [2.24, 2.45) is 5.92 Å². The van der Waals surface area contributed by atoms with Gasteiger partial charge in [-0.05, 0) is 19.9 Å². The van der Waals surface area contributed by atoms with E-state index >= 15 is 0 Å². The largest absolute Gasteiger partial charge is 0.483 e. The quantitative estimate of drug-likeness (QED) is 0.311. The molecule has 0 bridgehead atoms. The molecule has 0 saturated heterocycles. The first-order valence-corrected chi connectivity index (χ1v) is 6.95. The number of hydrogen-bond donors (Lipinski definition) is 0. The summed E-state index contributed by atoms with van der Waals surface area (Å²) in [6.07, 6.45) is -4.71. The van der Waals surface area contributed by atoms with E-state index in [0.29, 0.717) is 12.1 Å². The summed E-state index contributed by atoms with van der Waals surface area (Å²) in [7, 11) is 0. The molecule has 0 aliphatic rings. The van der Waals surface area contributed by atoms with Gasteiger partial charge in [-0.2, -0.15) is 13.2 Å². The number of carbonyl (C=O) groups is 3. The molecule has 25 heavy (non-hydrogen) atoms. The van der Waals surface area contributed by atoms with Crippen molar-refractivity contribution in [3.05, 3.63) is 32.8 Å². The van der Waals surface area contributed by atoms with Crippen LogP contribution < -0.4 is 4.74 Å². The fourth-order valence-corrected chi connectivity index (χ4v) is 2.18. The third-order valence-corrected chi connectivity index (χ3v) is 3.27. The van der Waals surface area contributed by atoms with Gasteiger partial charge in [0.25, 0.3) is 5.69 Å². The van der Waals surface area contributed by atoms with Gasteiger partial charge in [0.2, 0.25) is 0 Å². The number of nitrogens with zero attached hydrogens (tertiary/aromatic N) is 1. The summed E-state index contributed by atoms with van der Waals surface area (Å²) in [5, 5.41) is 10.5. The molecule has 1 aromatic carbocycles. The third kappa shape index (κ3) is 5.24. The Balaban J connectivity index is 3.45. The van der Waals surface area contributed by atoms with Crippen LogP contribution in [-0.2, 0) is 9.59 Å². The van der Waals surface area contributed by atoms with Crippen LogP contribution in [-0.4, -0.2) is 35.1 Å². The smallest absolute Gasteiger partial charge is 0.422 e. The number of nitro benzene ring substituents is 1. The zero-order chi connectivity index (χ0) is 19.5. The normalized spacial score (nSPS) is 11.3. The standard InChI is InChI=1S/C14H11ClF3NO6/c1-6(20)12(7(2)21)13(22)8-3-11(25-5-14(16,17)18)9(15)4-10(8)19(23)24/h3-4,12H,5H2,1-2H3. The number of halogens is 4. The third-order valence-electron chi connectivity index (χ3n) is 2.98. The van der Waals surface area contributed by atoms with Crippen molar-refractivity contribution in [3.8, 4) is 5.75 Å². The van der Waals surface area contributed by atoms with Crippen molar-refractivity contribution >= 4 is 34.6 Å². The van der Waals surface area contributed by atoms with Gasteiger partial charge in [0.1, 0.15) is 28.8 Å². The first-order valence-electron chi connectivity index (χ1n) is 6.57. The molecule has 1 rings (SSSR count). The number of Topliss-reactive ketones (excluding diaryl/α,β-unsaturated/α-hetero) is 3. The minimum absolute atomic E-state index is 0.533. The maximum absolute atomic E-state index is 12.4. The van der Waals surface area contributed by atoms with E-state index in [1.54, 1.807) is 0 Å². The second-order valence-corrected chi connectivity index (χ2v) is 5.39. The summed E-state index contributed by atoms with van der Waals surface area (Å²) in [5.74, 6) is -5.40. The molecule has 136 valence electrons. The summed E-state index contributed by atoms with van der Waals surface area (Å²) in [6, 6.07) is 1.24. The van der Waals surface area contributed by atoms with Crippen LogP contribution in [0.1, 0.15) is 24.2 Å². The second kappa shape index (κ2) is 7.60. The monoisotopic (exact) mass is 381 g/mol. The van der Waals surface area contributed by atoms with E-state index in [4.69, 9.17) is 11.6 Å². The molecule has 0 aliphatic carbocycles. The molecule has 0 spiro atoms. The molecule has 11 heteroatoms. The van der Waals surface area contributed by atoms with Crippen molar-refractivity contribution < 1.29 is 37.2 Å². The fourth-order valence-electron chi connectivity index (χ4n) is 1.97. The second-order valence-electron chi connectivity index (χ2n) is 4.98. The number of hydrogen-bond acceptors (Lipinski definition) is 6. The van der Waals surface area contributed by atoms with E-state index < -0.39 is 63.0 Å². The summed E-state index contributed by atoms with van der Waals surface area (Å²) in [6.45, 7) is 0.126. The van der Waals surface area contributed by atoms with Crippen molar-refractivity contribution in [1.29, 1.82) is 0 Å². The first kappa shape index (κ1) is 20.6. The van der Waals surface area contributed by atoms with Gasteiger partial charge in [0, 0.05) is 6.07 Å². The molecule has 0 heterocycles. The van der Waals surface area contributed by atoms with Gasteiger partial charge in [0.05, 0.1) is 9.95 Å². The lowest BCUT2D eigenvalue weighted by molar-refractivity contribution is -0.385. The average Bonchev–Trinajstić information content (AvgIpc) is 2.43. The minimum atomic E-state index is -4.71. The number of nitro groups is 1. The fraction of sp³-hybridized carbons (Fsp3) is 0.357. The first-order chi connectivity index (χ1) is 11.3. The number of rotatable bonds is 7. The topological polar surface area (TPSA) is 104 Å². The molecule has 0 aliphatic heterocycles. The number of alkyl halides is 3. The lowest BCUT2D eigenvalue weighted by Crippen LogP contribution is -2.29. The summed E-state index contributed by atoms with van der Waals surface area (Å²) >= 11 is 5.64. The van der Waals surface area contributed by atoms with Crippen molar-refractivity contribution in [1.82, 2.24) is 0 Å². The predicted molar refractivity (Wildman–Crippen MR) is 78.8 cm³/mol. The van der Waals surface area contributed by atoms with Crippen molar-refractivity contribution in [2.75, 3.05) is 6.61 Å². The molecule has 0 amide bonds. The van der Waals surface area contributed by atoms with Crippen LogP contribution in [0.4, 0.5) is 18.9 Å². The van der Waals surface area contributed by atoms with Gasteiger partial charge in [0.15, 0.2) is 12.4 Å². The molecule has 0 atom stereocenters. The number of ether oxygens (including phenoxy) is 1. The molecular weight excluding hydrogens is 371 g/mol. The molecule has 1 aromatic rings. The van der Waals surface area contributed by atoms with Crippen LogP contribution >= 0.6 is 11.6 Å². The van der Waals surface area contributed by atoms with E-state index in [1.807, 2.05) is 0 Å². The van der Waals surface area contributed by atoms with Gasteiger partial charge in [-0.25, -0.2) is 0 Å². The van der Waals surface area contributed by atoms with Crippen LogP contribution in [0.5, 0.6) is 5.75 Å². The Hall–Kier alpha value is -2.49. The highest BCUT2D eigenvalue weighted by atomic mass is 35.5. The number of carbonyl (C=O) groups excluding carboxylic acids is 3. The van der Waals surface area contributed by atoms with Crippen LogP contribution in [0.15, 0.2) is 12.1 Å². The Morgan fingerprint density at radius 2 is 1.76 bits per heavy atom. The zero-order valence-electron chi connectivity index (χ0n) is 12.8.